The van der Waals surface area contributed by atoms with E-state index in [4.69, 9.17) is 4.74 Å². The van der Waals surface area contributed by atoms with Crippen LogP contribution >= 0.6 is 0 Å². The Hall–Kier alpha value is -1.64. The minimum atomic E-state index is -0.299. The third kappa shape index (κ3) is 3.20. The number of carbonyl (C=O) groups is 2. The van der Waals surface area contributed by atoms with Gasteiger partial charge in [-0.3, -0.25) is 9.59 Å². The maximum Gasteiger partial charge on any atom is 0.311 e. The molecule has 1 aromatic rings. The summed E-state index contributed by atoms with van der Waals surface area (Å²) in [6, 6.07) is 4.92. The smallest absolute Gasteiger partial charge is 0.311 e. The molecule has 3 nitrogen and oxygen atoms in total. The molecule has 3 heteroatoms. The highest BCUT2D eigenvalue weighted by Crippen LogP contribution is 2.19. The molecule has 0 saturated carbocycles. The Bertz CT molecular complexity index is 369. The fraction of sp³-hybridized carbons (Fsp3) is 0.250. The van der Waals surface area contributed by atoms with Gasteiger partial charge in [0.05, 0.1) is 0 Å². The van der Waals surface area contributed by atoms with E-state index < -0.39 is 0 Å². The molecule has 0 saturated heterocycles. The minimum absolute atomic E-state index is 0.299. The summed E-state index contributed by atoms with van der Waals surface area (Å²) in [5, 5.41) is 0. The maximum atomic E-state index is 11.2. The highest BCUT2D eigenvalue weighted by atomic mass is 16.5. The first kappa shape index (κ1) is 11.4. The van der Waals surface area contributed by atoms with Gasteiger partial charge in [0.25, 0.3) is 0 Å². The second-order valence-corrected chi connectivity index (χ2v) is 3.22. The molecule has 0 aliphatic rings. The van der Waals surface area contributed by atoms with Crippen molar-refractivity contribution >= 4 is 12.3 Å². The molecule has 1 rings (SSSR count). The van der Waals surface area contributed by atoms with E-state index in [1.807, 2.05) is 0 Å². The molecule has 0 heterocycles. The number of ether oxygens (including phenoxy) is 1. The van der Waals surface area contributed by atoms with Gasteiger partial charge in [-0.15, -0.1) is 0 Å². The second kappa shape index (κ2) is 5.29. The summed E-state index contributed by atoms with van der Waals surface area (Å²) in [6.07, 6.45) is 1.58. The monoisotopic (exact) mass is 205 g/mol. The van der Waals surface area contributed by atoms with E-state index in [1.54, 1.807) is 25.1 Å². The van der Waals surface area contributed by atoms with Crippen molar-refractivity contribution in [2.45, 2.75) is 19.8 Å². The fourth-order valence-corrected chi connectivity index (χ4v) is 1.18. The lowest BCUT2D eigenvalue weighted by atomic mass is 10.1. The van der Waals surface area contributed by atoms with Gasteiger partial charge in [0.2, 0.25) is 0 Å². The van der Waals surface area contributed by atoms with E-state index in [1.165, 1.54) is 0 Å². The average Bonchev–Trinajstić information content (AvgIpc) is 2.21. The molecule has 1 radical (unpaired) electrons. The van der Waals surface area contributed by atoms with Crippen molar-refractivity contribution in [2.75, 3.05) is 0 Å². The van der Waals surface area contributed by atoms with E-state index in [-0.39, 0.29) is 5.97 Å². The van der Waals surface area contributed by atoms with Crippen molar-refractivity contribution in [1.82, 2.24) is 0 Å². The molecule has 0 fully saturated rings. The summed E-state index contributed by atoms with van der Waals surface area (Å²) in [5.41, 5.74) is 1.35. The van der Waals surface area contributed by atoms with Crippen LogP contribution < -0.4 is 4.74 Å². The van der Waals surface area contributed by atoms with Crippen LogP contribution in [0.1, 0.15) is 28.8 Å². The fourth-order valence-electron chi connectivity index (χ4n) is 1.18. The maximum absolute atomic E-state index is 11.2. The molecule has 1 aromatic carbocycles. The minimum Gasteiger partial charge on any atom is -0.426 e. The molecule has 0 amide bonds. The quantitative estimate of drug-likeness (QED) is 0.430. The van der Waals surface area contributed by atoms with Gasteiger partial charge in [0.15, 0.2) is 0 Å². The summed E-state index contributed by atoms with van der Waals surface area (Å²) in [7, 11) is 0. The normalized spacial score (nSPS) is 9.73. The molecule has 0 aromatic heterocycles. The van der Waals surface area contributed by atoms with Gasteiger partial charge in [-0.2, -0.15) is 0 Å². The lowest BCUT2D eigenvalue weighted by Gasteiger charge is -2.06. The summed E-state index contributed by atoms with van der Waals surface area (Å²) in [6.45, 7) is 5.36. The SMILES string of the molecule is [CH2]CCC(=O)Oc1ccc(C=O)cc1C. The Kier molecular flexibility index (Phi) is 4.03. The van der Waals surface area contributed by atoms with Crippen molar-refractivity contribution in [2.24, 2.45) is 0 Å². The molecule has 0 unspecified atom stereocenters. The average molecular weight is 205 g/mol. The largest absolute Gasteiger partial charge is 0.426 e. The number of aldehydes is 1. The lowest BCUT2D eigenvalue weighted by Crippen LogP contribution is -2.07. The summed E-state index contributed by atoms with van der Waals surface area (Å²) < 4.78 is 5.09. The molecule has 0 aliphatic heterocycles. The van der Waals surface area contributed by atoms with E-state index in [9.17, 15) is 9.59 Å². The second-order valence-electron chi connectivity index (χ2n) is 3.22. The van der Waals surface area contributed by atoms with Crippen molar-refractivity contribution in [3.05, 3.63) is 36.2 Å². The zero-order valence-corrected chi connectivity index (χ0v) is 8.66. The Labute approximate surface area is 89.1 Å². The first-order chi connectivity index (χ1) is 7.17. The number of carbonyl (C=O) groups excluding carboxylic acids is 2. The van der Waals surface area contributed by atoms with Gasteiger partial charge in [0, 0.05) is 12.0 Å². The molecule has 0 atom stereocenters. The number of benzene rings is 1. The van der Waals surface area contributed by atoms with Gasteiger partial charge >= 0.3 is 5.97 Å². The molecule has 0 spiro atoms. The van der Waals surface area contributed by atoms with Gasteiger partial charge in [-0.25, -0.2) is 0 Å². The zero-order chi connectivity index (χ0) is 11.3. The van der Waals surface area contributed by atoms with Crippen LogP contribution in [0, 0.1) is 13.8 Å². The third-order valence-electron chi connectivity index (χ3n) is 1.94. The Morgan fingerprint density at radius 2 is 2.27 bits per heavy atom. The van der Waals surface area contributed by atoms with Gasteiger partial charge in [0.1, 0.15) is 12.0 Å². The molecule has 0 aliphatic carbocycles. The van der Waals surface area contributed by atoms with Crippen LogP contribution in [0.2, 0.25) is 0 Å². The Balaban J connectivity index is 2.78. The molecule has 15 heavy (non-hydrogen) atoms. The highest BCUT2D eigenvalue weighted by Gasteiger charge is 2.06. The summed E-state index contributed by atoms with van der Waals surface area (Å²) >= 11 is 0. The number of esters is 1. The van der Waals surface area contributed by atoms with Gasteiger partial charge < -0.3 is 4.74 Å². The summed E-state index contributed by atoms with van der Waals surface area (Å²) in [4.78, 5) is 21.7. The van der Waals surface area contributed by atoms with Crippen molar-refractivity contribution in [3.63, 3.8) is 0 Å². The van der Waals surface area contributed by atoms with Crippen molar-refractivity contribution < 1.29 is 14.3 Å². The predicted molar refractivity (Wildman–Crippen MR) is 56.8 cm³/mol. The van der Waals surface area contributed by atoms with E-state index >= 15 is 0 Å². The van der Waals surface area contributed by atoms with Crippen molar-refractivity contribution in [3.8, 4) is 5.75 Å². The van der Waals surface area contributed by atoms with Crippen LogP contribution in [0.4, 0.5) is 0 Å². The third-order valence-corrected chi connectivity index (χ3v) is 1.94. The van der Waals surface area contributed by atoms with E-state index in [0.29, 0.717) is 24.2 Å². The predicted octanol–water partition coefficient (Wildman–Crippen LogP) is 2.33. The van der Waals surface area contributed by atoms with Crippen molar-refractivity contribution in [1.29, 1.82) is 0 Å². The molecule has 79 valence electrons. The first-order valence-electron chi connectivity index (χ1n) is 4.73. The highest BCUT2D eigenvalue weighted by molar-refractivity contribution is 5.77. The van der Waals surface area contributed by atoms with Gasteiger partial charge in [-0.05, 0) is 37.1 Å². The summed E-state index contributed by atoms with van der Waals surface area (Å²) in [5.74, 6) is 0.200. The van der Waals surface area contributed by atoms with Crippen LogP contribution in [-0.4, -0.2) is 12.3 Å². The topological polar surface area (TPSA) is 43.4 Å². The van der Waals surface area contributed by atoms with Crippen LogP contribution in [0.15, 0.2) is 18.2 Å². The molecule has 0 N–H and O–H groups in total. The Morgan fingerprint density at radius 1 is 1.53 bits per heavy atom. The molecule has 0 bridgehead atoms. The van der Waals surface area contributed by atoms with E-state index in [2.05, 4.69) is 6.92 Å². The van der Waals surface area contributed by atoms with Gasteiger partial charge in [-0.1, -0.05) is 6.92 Å². The Morgan fingerprint density at radius 3 is 2.80 bits per heavy atom. The number of rotatable bonds is 4. The number of hydrogen-bond donors (Lipinski definition) is 0. The first-order valence-corrected chi connectivity index (χ1v) is 4.73. The number of aryl methyl sites for hydroxylation is 1. The van der Waals surface area contributed by atoms with Crippen LogP contribution in [-0.2, 0) is 4.79 Å². The zero-order valence-electron chi connectivity index (χ0n) is 8.66. The number of hydrogen-bond acceptors (Lipinski definition) is 3. The lowest BCUT2D eigenvalue weighted by molar-refractivity contribution is -0.134. The van der Waals surface area contributed by atoms with E-state index in [0.717, 1.165) is 11.8 Å². The van der Waals surface area contributed by atoms with Crippen LogP contribution in [0.3, 0.4) is 0 Å². The van der Waals surface area contributed by atoms with Crippen LogP contribution in [0.25, 0.3) is 0 Å². The standard InChI is InChI=1S/C12H13O3/c1-3-4-12(14)15-11-6-5-10(8-13)7-9(11)2/h5-8H,1,3-4H2,2H3. The van der Waals surface area contributed by atoms with Crippen LogP contribution in [0.5, 0.6) is 5.75 Å². The molecular formula is C12H13O3. The molecular weight excluding hydrogens is 192 g/mol.